The van der Waals surface area contributed by atoms with Crippen LogP contribution in [0.1, 0.15) is 46.0 Å². The van der Waals surface area contributed by atoms with Gasteiger partial charge in [0, 0.05) is 17.7 Å². The molecule has 6 nitrogen and oxygen atoms in total. The van der Waals surface area contributed by atoms with Crippen LogP contribution in [0.25, 0.3) is 5.76 Å². The molecule has 3 aromatic carbocycles. The molecule has 174 valence electrons. The molecule has 34 heavy (non-hydrogen) atoms. The Balaban J connectivity index is 1.94. The number of rotatable bonds is 7. The third kappa shape index (κ3) is 4.36. The van der Waals surface area contributed by atoms with Gasteiger partial charge in [-0.1, -0.05) is 55.8 Å². The Bertz CT molecular complexity index is 1370. The fraction of sp³-hybridized carbons (Fsp3) is 0.154. The minimum absolute atomic E-state index is 0.0404. The van der Waals surface area contributed by atoms with Crippen LogP contribution in [0.2, 0.25) is 0 Å². The second-order valence-electron chi connectivity index (χ2n) is 7.70. The van der Waals surface area contributed by atoms with Crippen molar-refractivity contribution in [2.24, 2.45) is 0 Å². The SMILES string of the molecule is CCCCN1C(C(=O)c2ccccc2)=C(OC(=O)c2ccc(F)cc2)c2ccccc2S1(=O)=O. The zero-order chi connectivity index (χ0) is 24.3. The predicted octanol–water partition coefficient (Wildman–Crippen LogP) is 5.04. The summed E-state index contributed by atoms with van der Waals surface area (Å²) in [5.74, 6) is -2.09. The highest BCUT2D eigenvalue weighted by atomic mass is 32.2. The standard InChI is InChI=1S/C26H22FNO5S/c1-2-3-17-28-23(24(29)18-9-5-4-6-10-18)25(21-11-7-8-12-22(21)34(28,31)32)33-26(30)19-13-15-20(27)16-14-19/h4-16H,2-3,17H2,1H3. The maximum absolute atomic E-state index is 13.6. The van der Waals surface area contributed by atoms with Crippen LogP contribution in [0.3, 0.4) is 0 Å². The van der Waals surface area contributed by atoms with Crippen LogP contribution in [0, 0.1) is 5.82 Å². The molecule has 1 aliphatic heterocycles. The Labute approximate surface area is 197 Å². The molecular formula is C26H22FNO5S. The number of hydrogen-bond acceptors (Lipinski definition) is 5. The molecular weight excluding hydrogens is 457 g/mol. The third-order valence-electron chi connectivity index (χ3n) is 5.40. The van der Waals surface area contributed by atoms with E-state index in [1.54, 1.807) is 42.5 Å². The maximum Gasteiger partial charge on any atom is 0.343 e. The molecule has 4 rings (SSSR count). The van der Waals surface area contributed by atoms with Crippen molar-refractivity contribution in [3.63, 3.8) is 0 Å². The van der Waals surface area contributed by atoms with E-state index < -0.39 is 27.6 Å². The van der Waals surface area contributed by atoms with Gasteiger partial charge >= 0.3 is 5.97 Å². The summed E-state index contributed by atoms with van der Waals surface area (Å²) < 4.78 is 47.2. The number of unbranched alkanes of at least 4 members (excludes halogenated alkanes) is 1. The first-order valence-electron chi connectivity index (χ1n) is 10.8. The van der Waals surface area contributed by atoms with Crippen molar-refractivity contribution in [3.8, 4) is 0 Å². The maximum atomic E-state index is 13.6. The van der Waals surface area contributed by atoms with Crippen molar-refractivity contribution in [3.05, 3.63) is 107 Å². The van der Waals surface area contributed by atoms with E-state index in [1.165, 1.54) is 24.3 Å². The average Bonchev–Trinajstić information content (AvgIpc) is 2.85. The summed E-state index contributed by atoms with van der Waals surface area (Å²) in [5.41, 5.74) is 0.203. The number of nitrogens with zero attached hydrogens (tertiary/aromatic N) is 1. The Kier molecular flexibility index (Phi) is 6.61. The van der Waals surface area contributed by atoms with Crippen LogP contribution in [-0.2, 0) is 14.8 Å². The Hall–Kier alpha value is -3.78. The summed E-state index contributed by atoms with van der Waals surface area (Å²) in [4.78, 5) is 26.5. The smallest absolute Gasteiger partial charge is 0.343 e. The second-order valence-corrected chi connectivity index (χ2v) is 9.53. The predicted molar refractivity (Wildman–Crippen MR) is 125 cm³/mol. The number of esters is 1. The number of hydrogen-bond donors (Lipinski definition) is 0. The van der Waals surface area contributed by atoms with Gasteiger partial charge in [0.1, 0.15) is 11.5 Å². The van der Waals surface area contributed by atoms with Gasteiger partial charge < -0.3 is 4.74 Å². The zero-order valence-corrected chi connectivity index (χ0v) is 19.2. The zero-order valence-electron chi connectivity index (χ0n) is 18.4. The van der Waals surface area contributed by atoms with Crippen molar-refractivity contribution in [2.45, 2.75) is 24.7 Å². The molecule has 0 radical (unpaired) electrons. The minimum atomic E-state index is -4.08. The molecule has 0 saturated heterocycles. The molecule has 1 aliphatic rings. The number of halogens is 1. The molecule has 8 heteroatoms. The van der Waals surface area contributed by atoms with Crippen LogP contribution >= 0.6 is 0 Å². The molecule has 0 bridgehead atoms. The number of carbonyl (C=O) groups is 2. The monoisotopic (exact) mass is 479 g/mol. The molecule has 0 N–H and O–H groups in total. The van der Waals surface area contributed by atoms with E-state index >= 15 is 0 Å². The first-order chi connectivity index (χ1) is 16.3. The Morgan fingerprint density at radius 3 is 2.21 bits per heavy atom. The van der Waals surface area contributed by atoms with Crippen molar-refractivity contribution in [2.75, 3.05) is 6.54 Å². The lowest BCUT2D eigenvalue weighted by Crippen LogP contribution is -2.39. The lowest BCUT2D eigenvalue weighted by Gasteiger charge is -2.32. The van der Waals surface area contributed by atoms with E-state index in [4.69, 9.17) is 4.74 Å². The van der Waals surface area contributed by atoms with Gasteiger partial charge in [-0.05, 0) is 42.8 Å². The summed E-state index contributed by atoms with van der Waals surface area (Å²) in [6, 6.07) is 19.1. The van der Waals surface area contributed by atoms with Crippen LogP contribution < -0.4 is 0 Å². The molecule has 0 saturated carbocycles. The summed E-state index contributed by atoms with van der Waals surface area (Å²) in [5, 5.41) is 0. The van der Waals surface area contributed by atoms with Crippen LogP contribution in [-0.4, -0.2) is 31.0 Å². The number of carbonyl (C=O) groups excluding carboxylic acids is 2. The highest BCUT2D eigenvalue weighted by molar-refractivity contribution is 7.89. The highest BCUT2D eigenvalue weighted by Crippen LogP contribution is 2.39. The molecule has 0 unspecified atom stereocenters. The first kappa shape index (κ1) is 23.4. The van der Waals surface area contributed by atoms with E-state index in [1.807, 2.05) is 6.92 Å². The summed E-state index contributed by atoms with van der Waals surface area (Å²) in [7, 11) is -4.08. The van der Waals surface area contributed by atoms with E-state index in [-0.39, 0.29) is 39.6 Å². The molecule has 3 aromatic rings. The van der Waals surface area contributed by atoms with Gasteiger partial charge in [-0.15, -0.1) is 0 Å². The van der Waals surface area contributed by atoms with Crippen molar-refractivity contribution in [1.29, 1.82) is 0 Å². The summed E-state index contributed by atoms with van der Waals surface area (Å²) in [6.07, 6.45) is 1.18. The summed E-state index contributed by atoms with van der Waals surface area (Å²) >= 11 is 0. The topological polar surface area (TPSA) is 80.8 Å². The van der Waals surface area contributed by atoms with Crippen LogP contribution in [0.4, 0.5) is 4.39 Å². The highest BCUT2D eigenvalue weighted by Gasteiger charge is 2.41. The molecule has 0 aromatic heterocycles. The Morgan fingerprint density at radius 2 is 1.53 bits per heavy atom. The van der Waals surface area contributed by atoms with Crippen LogP contribution in [0.5, 0.6) is 0 Å². The molecule has 0 atom stereocenters. The number of allylic oxidation sites excluding steroid dienone is 1. The fourth-order valence-electron chi connectivity index (χ4n) is 3.68. The average molecular weight is 480 g/mol. The van der Waals surface area contributed by atoms with E-state index in [2.05, 4.69) is 0 Å². The lowest BCUT2D eigenvalue weighted by atomic mass is 10.0. The number of sulfonamides is 1. The van der Waals surface area contributed by atoms with Gasteiger partial charge in [0.05, 0.1) is 10.5 Å². The quantitative estimate of drug-likeness (QED) is 0.350. The molecule has 0 fully saturated rings. The number of ether oxygens (including phenoxy) is 1. The number of fused-ring (bicyclic) bond motifs is 1. The van der Waals surface area contributed by atoms with Gasteiger partial charge in [0.2, 0.25) is 5.78 Å². The lowest BCUT2D eigenvalue weighted by molar-refractivity contribution is 0.0685. The normalized spacial score (nSPS) is 14.5. The number of ketones is 1. The molecule has 0 aliphatic carbocycles. The largest absolute Gasteiger partial charge is 0.420 e. The van der Waals surface area contributed by atoms with Crippen molar-refractivity contribution < 1.29 is 27.1 Å². The van der Waals surface area contributed by atoms with Gasteiger partial charge in [-0.2, -0.15) is 0 Å². The van der Waals surface area contributed by atoms with Gasteiger partial charge in [-0.25, -0.2) is 17.6 Å². The summed E-state index contributed by atoms with van der Waals surface area (Å²) in [6.45, 7) is 1.95. The molecule has 0 spiro atoms. The van der Waals surface area contributed by atoms with E-state index in [0.29, 0.717) is 12.8 Å². The number of benzene rings is 3. The molecule has 1 heterocycles. The van der Waals surface area contributed by atoms with Gasteiger partial charge in [-0.3, -0.25) is 9.10 Å². The first-order valence-corrected chi connectivity index (χ1v) is 12.2. The molecule has 0 amide bonds. The van der Waals surface area contributed by atoms with E-state index in [9.17, 15) is 22.4 Å². The van der Waals surface area contributed by atoms with Crippen molar-refractivity contribution >= 4 is 27.5 Å². The van der Waals surface area contributed by atoms with Crippen LogP contribution in [0.15, 0.2) is 89.5 Å². The fourth-order valence-corrected chi connectivity index (χ4v) is 5.38. The minimum Gasteiger partial charge on any atom is -0.420 e. The Morgan fingerprint density at radius 1 is 0.882 bits per heavy atom. The third-order valence-corrected chi connectivity index (χ3v) is 7.26. The van der Waals surface area contributed by atoms with E-state index in [0.717, 1.165) is 16.4 Å². The van der Waals surface area contributed by atoms with Gasteiger partial charge in [0.15, 0.2) is 5.76 Å². The van der Waals surface area contributed by atoms with Gasteiger partial charge in [0.25, 0.3) is 10.0 Å². The second kappa shape index (κ2) is 9.61. The van der Waals surface area contributed by atoms with Crippen molar-refractivity contribution in [1.82, 2.24) is 4.31 Å². The number of Topliss-reactive ketones (excluding diaryl/α,β-unsaturated/α-hetero) is 1.